The molecule has 2 heteroatoms. The third-order valence-electron chi connectivity index (χ3n) is 4.57. The molecule has 1 fully saturated rings. The van der Waals surface area contributed by atoms with E-state index in [1.54, 1.807) is 0 Å². The summed E-state index contributed by atoms with van der Waals surface area (Å²) < 4.78 is 6.23. The molecular formula is C16H23NO. The van der Waals surface area contributed by atoms with Crippen molar-refractivity contribution in [1.29, 1.82) is 0 Å². The van der Waals surface area contributed by atoms with Gasteiger partial charge >= 0.3 is 0 Å². The van der Waals surface area contributed by atoms with Crippen molar-refractivity contribution in [2.75, 3.05) is 13.1 Å². The number of fused-ring (bicyclic) bond motifs is 2. The first-order valence-electron chi connectivity index (χ1n) is 7.18. The highest BCUT2D eigenvalue weighted by atomic mass is 16.5. The van der Waals surface area contributed by atoms with Crippen LogP contribution in [0, 0.1) is 0 Å². The molecule has 0 bridgehead atoms. The van der Waals surface area contributed by atoms with Crippen molar-refractivity contribution in [3.63, 3.8) is 0 Å². The van der Waals surface area contributed by atoms with Gasteiger partial charge in [0.1, 0.15) is 0 Å². The van der Waals surface area contributed by atoms with Crippen LogP contribution in [0.2, 0.25) is 0 Å². The van der Waals surface area contributed by atoms with Crippen LogP contribution in [0.3, 0.4) is 0 Å². The first kappa shape index (κ1) is 12.2. The fourth-order valence-electron chi connectivity index (χ4n) is 3.44. The second kappa shape index (κ2) is 4.67. The highest BCUT2D eigenvalue weighted by Gasteiger charge is 2.40. The normalized spacial score (nSPS) is 28.6. The zero-order chi connectivity index (χ0) is 12.6. The van der Waals surface area contributed by atoms with Crippen LogP contribution in [0.25, 0.3) is 0 Å². The molecule has 0 saturated carbocycles. The van der Waals surface area contributed by atoms with E-state index >= 15 is 0 Å². The van der Waals surface area contributed by atoms with Crippen LogP contribution < -0.4 is 0 Å². The van der Waals surface area contributed by atoms with Crippen LogP contribution in [-0.4, -0.2) is 24.0 Å². The Morgan fingerprint density at radius 2 is 2.00 bits per heavy atom. The van der Waals surface area contributed by atoms with Crippen molar-refractivity contribution < 1.29 is 4.74 Å². The fraction of sp³-hybridized carbons (Fsp3) is 0.625. The van der Waals surface area contributed by atoms with Gasteiger partial charge in [0.05, 0.1) is 12.2 Å². The molecule has 18 heavy (non-hydrogen) atoms. The first-order chi connectivity index (χ1) is 8.71. The van der Waals surface area contributed by atoms with Gasteiger partial charge in [0, 0.05) is 12.6 Å². The molecule has 2 heterocycles. The molecule has 0 radical (unpaired) electrons. The monoisotopic (exact) mass is 245 g/mol. The number of nitrogens with zero attached hydrogens (tertiary/aromatic N) is 1. The number of hydrogen-bond acceptors (Lipinski definition) is 2. The SMILES string of the molecule is CC(C)N1CCC[C@]2(CC1)OCc1ccccc12. The van der Waals surface area contributed by atoms with Gasteiger partial charge in [-0.3, -0.25) is 0 Å². The number of hydrogen-bond donors (Lipinski definition) is 0. The smallest absolute Gasteiger partial charge is 0.0952 e. The van der Waals surface area contributed by atoms with E-state index in [1.165, 1.54) is 30.5 Å². The third-order valence-corrected chi connectivity index (χ3v) is 4.57. The molecule has 0 aromatic heterocycles. The minimum atomic E-state index is 0.0141. The Morgan fingerprint density at radius 3 is 2.83 bits per heavy atom. The van der Waals surface area contributed by atoms with Gasteiger partial charge < -0.3 is 9.64 Å². The molecule has 0 aliphatic carbocycles. The van der Waals surface area contributed by atoms with Gasteiger partial charge in [-0.25, -0.2) is 0 Å². The Bertz CT molecular complexity index is 429. The van der Waals surface area contributed by atoms with Crippen LogP contribution in [0.5, 0.6) is 0 Å². The van der Waals surface area contributed by atoms with Gasteiger partial charge in [-0.1, -0.05) is 24.3 Å². The van der Waals surface area contributed by atoms with E-state index in [4.69, 9.17) is 4.74 Å². The number of benzene rings is 1. The van der Waals surface area contributed by atoms with E-state index in [0.717, 1.165) is 19.6 Å². The Kier molecular flexibility index (Phi) is 3.16. The highest BCUT2D eigenvalue weighted by Crippen LogP contribution is 2.44. The molecule has 0 N–H and O–H groups in total. The summed E-state index contributed by atoms with van der Waals surface area (Å²) in [5, 5.41) is 0. The lowest BCUT2D eigenvalue weighted by atomic mass is 9.86. The lowest BCUT2D eigenvalue weighted by Gasteiger charge is -2.29. The van der Waals surface area contributed by atoms with E-state index < -0.39 is 0 Å². The quantitative estimate of drug-likeness (QED) is 0.752. The van der Waals surface area contributed by atoms with E-state index in [0.29, 0.717) is 6.04 Å². The van der Waals surface area contributed by atoms with Gasteiger partial charge in [0.15, 0.2) is 0 Å². The molecule has 3 rings (SSSR count). The molecule has 2 aliphatic rings. The lowest BCUT2D eigenvalue weighted by Crippen LogP contribution is -2.33. The highest BCUT2D eigenvalue weighted by molar-refractivity contribution is 5.35. The van der Waals surface area contributed by atoms with E-state index in [2.05, 4.69) is 43.0 Å². The number of rotatable bonds is 1. The second-order valence-electron chi connectivity index (χ2n) is 5.92. The summed E-state index contributed by atoms with van der Waals surface area (Å²) in [4.78, 5) is 2.58. The summed E-state index contributed by atoms with van der Waals surface area (Å²) >= 11 is 0. The maximum absolute atomic E-state index is 6.23. The summed E-state index contributed by atoms with van der Waals surface area (Å²) in [6.07, 6.45) is 3.56. The summed E-state index contributed by atoms with van der Waals surface area (Å²) in [5.74, 6) is 0. The summed E-state index contributed by atoms with van der Waals surface area (Å²) in [6.45, 7) is 7.76. The summed E-state index contributed by atoms with van der Waals surface area (Å²) in [7, 11) is 0. The van der Waals surface area contributed by atoms with Crippen LogP contribution in [0.1, 0.15) is 44.2 Å². The minimum absolute atomic E-state index is 0.0141. The van der Waals surface area contributed by atoms with Crippen molar-refractivity contribution in [3.8, 4) is 0 Å². The Balaban J connectivity index is 1.85. The molecule has 98 valence electrons. The summed E-state index contributed by atoms with van der Waals surface area (Å²) in [6, 6.07) is 9.41. The lowest BCUT2D eigenvalue weighted by molar-refractivity contribution is -0.0489. The second-order valence-corrected chi connectivity index (χ2v) is 5.92. The standard InChI is InChI=1S/C16H23NO/c1-13(2)17-10-5-8-16(9-11-17)15-7-4-3-6-14(15)12-18-16/h3-4,6-7,13H,5,8-12H2,1-2H3/t16-/m1/s1. The zero-order valence-corrected chi connectivity index (χ0v) is 11.5. The molecular weight excluding hydrogens is 222 g/mol. The molecule has 0 unspecified atom stereocenters. The third kappa shape index (κ3) is 1.98. The fourth-order valence-corrected chi connectivity index (χ4v) is 3.44. The molecule has 1 aromatic rings. The van der Waals surface area contributed by atoms with Gasteiger partial charge in [0.2, 0.25) is 0 Å². The zero-order valence-electron chi connectivity index (χ0n) is 11.5. The topological polar surface area (TPSA) is 12.5 Å². The number of likely N-dealkylation sites (tertiary alicyclic amines) is 1. The summed E-state index contributed by atoms with van der Waals surface area (Å²) in [5.41, 5.74) is 2.87. The van der Waals surface area contributed by atoms with Gasteiger partial charge in [-0.2, -0.15) is 0 Å². The minimum Gasteiger partial charge on any atom is -0.366 e. The molecule has 1 spiro atoms. The Labute approximate surface area is 110 Å². The van der Waals surface area contributed by atoms with Gasteiger partial charge in [0.25, 0.3) is 0 Å². The first-order valence-corrected chi connectivity index (χ1v) is 7.18. The van der Waals surface area contributed by atoms with Crippen LogP contribution >= 0.6 is 0 Å². The van der Waals surface area contributed by atoms with Crippen molar-refractivity contribution in [2.24, 2.45) is 0 Å². The molecule has 2 aliphatic heterocycles. The van der Waals surface area contributed by atoms with Gasteiger partial charge in [-0.05, 0) is 50.8 Å². The maximum Gasteiger partial charge on any atom is 0.0952 e. The Hall–Kier alpha value is -0.860. The van der Waals surface area contributed by atoms with E-state index in [9.17, 15) is 0 Å². The van der Waals surface area contributed by atoms with E-state index in [-0.39, 0.29) is 5.60 Å². The van der Waals surface area contributed by atoms with Crippen LogP contribution in [0.15, 0.2) is 24.3 Å². The molecule has 0 amide bonds. The van der Waals surface area contributed by atoms with Crippen molar-refractivity contribution in [2.45, 2.75) is 51.4 Å². The van der Waals surface area contributed by atoms with Gasteiger partial charge in [-0.15, -0.1) is 0 Å². The van der Waals surface area contributed by atoms with Crippen molar-refractivity contribution >= 4 is 0 Å². The largest absolute Gasteiger partial charge is 0.366 e. The average molecular weight is 245 g/mol. The number of ether oxygens (including phenoxy) is 1. The maximum atomic E-state index is 6.23. The van der Waals surface area contributed by atoms with Crippen LogP contribution in [0.4, 0.5) is 0 Å². The van der Waals surface area contributed by atoms with Crippen molar-refractivity contribution in [3.05, 3.63) is 35.4 Å². The molecule has 1 saturated heterocycles. The predicted octanol–water partition coefficient (Wildman–Crippen LogP) is 3.31. The molecule has 1 atom stereocenters. The predicted molar refractivity (Wildman–Crippen MR) is 73.5 cm³/mol. The average Bonchev–Trinajstić information content (AvgIpc) is 2.58. The van der Waals surface area contributed by atoms with E-state index in [1.807, 2.05) is 0 Å². The molecule has 2 nitrogen and oxygen atoms in total. The Morgan fingerprint density at radius 1 is 1.17 bits per heavy atom. The van der Waals surface area contributed by atoms with Crippen LogP contribution in [-0.2, 0) is 16.9 Å². The molecule has 1 aromatic carbocycles. The van der Waals surface area contributed by atoms with Crippen molar-refractivity contribution in [1.82, 2.24) is 4.90 Å².